The Morgan fingerprint density at radius 1 is 0.667 bits per heavy atom. The SMILES string of the molecule is CCCCC/C=C/C=O.CCCCC/C=C/C=O. The zero-order valence-corrected chi connectivity index (χ0v) is 11.9. The molecule has 2 heteroatoms. The quantitative estimate of drug-likeness (QED) is 0.322. The van der Waals surface area contributed by atoms with Gasteiger partial charge in [-0.3, -0.25) is 9.59 Å². The van der Waals surface area contributed by atoms with Gasteiger partial charge in [-0.1, -0.05) is 51.7 Å². The minimum absolute atomic E-state index is 0.825. The Morgan fingerprint density at radius 3 is 1.33 bits per heavy atom. The number of unbranched alkanes of at least 4 members (excludes halogenated alkanes) is 6. The summed E-state index contributed by atoms with van der Waals surface area (Å²) in [5.74, 6) is 0. The van der Waals surface area contributed by atoms with Crippen molar-refractivity contribution in [3.8, 4) is 0 Å². The van der Waals surface area contributed by atoms with Crippen molar-refractivity contribution in [3.05, 3.63) is 24.3 Å². The fourth-order valence-electron chi connectivity index (χ4n) is 1.33. The van der Waals surface area contributed by atoms with Gasteiger partial charge < -0.3 is 0 Å². The van der Waals surface area contributed by atoms with E-state index in [-0.39, 0.29) is 0 Å². The lowest BCUT2D eigenvalue weighted by Gasteiger charge is -1.88. The molecule has 18 heavy (non-hydrogen) atoms. The highest BCUT2D eigenvalue weighted by molar-refractivity contribution is 5.64. The Labute approximate surface area is 112 Å². The van der Waals surface area contributed by atoms with Crippen LogP contribution in [-0.4, -0.2) is 12.6 Å². The summed E-state index contributed by atoms with van der Waals surface area (Å²) >= 11 is 0. The van der Waals surface area contributed by atoms with Gasteiger partial charge >= 0.3 is 0 Å². The summed E-state index contributed by atoms with van der Waals surface area (Å²) < 4.78 is 0. The van der Waals surface area contributed by atoms with Crippen LogP contribution >= 0.6 is 0 Å². The second-order valence-corrected chi connectivity index (χ2v) is 4.12. The van der Waals surface area contributed by atoms with Crippen molar-refractivity contribution in [1.29, 1.82) is 0 Å². The van der Waals surface area contributed by atoms with E-state index < -0.39 is 0 Å². The molecule has 0 aliphatic heterocycles. The monoisotopic (exact) mass is 252 g/mol. The van der Waals surface area contributed by atoms with Gasteiger partial charge in [0, 0.05) is 0 Å². The molecule has 0 amide bonds. The Balaban J connectivity index is 0. The van der Waals surface area contributed by atoms with E-state index in [4.69, 9.17) is 0 Å². The molecule has 0 aromatic heterocycles. The van der Waals surface area contributed by atoms with Crippen LogP contribution in [0.15, 0.2) is 24.3 Å². The maximum atomic E-state index is 9.75. The van der Waals surface area contributed by atoms with Crippen LogP contribution in [0.1, 0.15) is 65.2 Å². The lowest BCUT2D eigenvalue weighted by Crippen LogP contribution is -1.70. The van der Waals surface area contributed by atoms with Crippen LogP contribution in [0.5, 0.6) is 0 Å². The average molecular weight is 252 g/mol. The minimum atomic E-state index is 0.825. The van der Waals surface area contributed by atoms with Gasteiger partial charge in [-0.25, -0.2) is 0 Å². The van der Waals surface area contributed by atoms with Crippen LogP contribution in [0.3, 0.4) is 0 Å². The Bertz CT molecular complexity index is 193. The highest BCUT2D eigenvalue weighted by atomic mass is 16.1. The zero-order valence-electron chi connectivity index (χ0n) is 11.9. The van der Waals surface area contributed by atoms with Gasteiger partial charge in [-0.2, -0.15) is 0 Å². The second-order valence-electron chi connectivity index (χ2n) is 4.12. The third-order valence-electron chi connectivity index (χ3n) is 2.38. The van der Waals surface area contributed by atoms with Crippen LogP contribution in [0.2, 0.25) is 0 Å². The smallest absolute Gasteiger partial charge is 0.142 e. The van der Waals surface area contributed by atoms with Gasteiger partial charge in [0.15, 0.2) is 0 Å². The van der Waals surface area contributed by atoms with Gasteiger partial charge in [-0.05, 0) is 37.8 Å². The van der Waals surface area contributed by atoms with E-state index in [9.17, 15) is 9.59 Å². The molecule has 0 saturated carbocycles. The first-order valence-corrected chi connectivity index (χ1v) is 7.04. The van der Waals surface area contributed by atoms with E-state index in [0.29, 0.717) is 0 Å². The molecular formula is C16H28O2. The van der Waals surface area contributed by atoms with Crippen LogP contribution in [-0.2, 0) is 9.59 Å². The van der Waals surface area contributed by atoms with Crippen molar-refractivity contribution in [2.75, 3.05) is 0 Å². The Kier molecular flexibility index (Phi) is 22.5. The lowest BCUT2D eigenvalue weighted by atomic mass is 10.2. The maximum absolute atomic E-state index is 9.75. The van der Waals surface area contributed by atoms with E-state index in [1.165, 1.54) is 38.5 Å². The molecule has 0 bridgehead atoms. The molecule has 0 saturated heterocycles. The van der Waals surface area contributed by atoms with Crippen molar-refractivity contribution in [1.82, 2.24) is 0 Å². The normalized spacial score (nSPS) is 10.3. The largest absolute Gasteiger partial charge is 0.299 e. The molecule has 2 nitrogen and oxygen atoms in total. The van der Waals surface area contributed by atoms with Crippen LogP contribution in [0.4, 0.5) is 0 Å². The first-order chi connectivity index (χ1) is 8.83. The summed E-state index contributed by atoms with van der Waals surface area (Å²) in [6.07, 6.45) is 18.2. The summed E-state index contributed by atoms with van der Waals surface area (Å²) in [5, 5.41) is 0. The summed E-state index contributed by atoms with van der Waals surface area (Å²) in [4.78, 5) is 19.5. The van der Waals surface area contributed by atoms with Crippen molar-refractivity contribution in [2.24, 2.45) is 0 Å². The number of rotatable bonds is 10. The van der Waals surface area contributed by atoms with Crippen molar-refractivity contribution < 1.29 is 9.59 Å². The molecule has 0 unspecified atom stereocenters. The highest BCUT2D eigenvalue weighted by Crippen LogP contribution is 1.99. The predicted octanol–water partition coefficient (Wildman–Crippen LogP) is 4.64. The fourth-order valence-corrected chi connectivity index (χ4v) is 1.33. The summed E-state index contributed by atoms with van der Waals surface area (Å²) in [6, 6.07) is 0. The molecule has 0 aliphatic rings. The number of hydrogen-bond acceptors (Lipinski definition) is 2. The molecule has 0 atom stereocenters. The third kappa shape index (κ3) is 24.2. The zero-order chi connectivity index (χ0) is 13.9. The van der Waals surface area contributed by atoms with E-state index in [1.54, 1.807) is 12.2 Å². The standard InChI is InChI=1S/2C8H14O/c2*1-2-3-4-5-6-7-8-9/h2*6-8H,2-5H2,1H3/b2*7-6+. The molecule has 0 radical (unpaired) electrons. The third-order valence-corrected chi connectivity index (χ3v) is 2.38. The van der Waals surface area contributed by atoms with Gasteiger partial charge in [0.25, 0.3) is 0 Å². The summed E-state index contributed by atoms with van der Waals surface area (Å²) in [5.41, 5.74) is 0. The molecule has 0 N–H and O–H groups in total. The number of hydrogen-bond donors (Lipinski definition) is 0. The van der Waals surface area contributed by atoms with Gasteiger partial charge in [0.2, 0.25) is 0 Å². The Morgan fingerprint density at radius 2 is 1.06 bits per heavy atom. The maximum Gasteiger partial charge on any atom is 0.142 e. The molecule has 0 rings (SSSR count). The van der Waals surface area contributed by atoms with E-state index >= 15 is 0 Å². The van der Waals surface area contributed by atoms with Crippen LogP contribution in [0, 0.1) is 0 Å². The minimum Gasteiger partial charge on any atom is -0.299 e. The molecule has 0 aromatic carbocycles. The number of allylic oxidation sites excluding steroid dienone is 4. The second kappa shape index (κ2) is 21.1. The van der Waals surface area contributed by atoms with Gasteiger partial charge in [0.05, 0.1) is 0 Å². The fraction of sp³-hybridized carbons (Fsp3) is 0.625. The van der Waals surface area contributed by atoms with Crippen molar-refractivity contribution >= 4 is 12.6 Å². The average Bonchev–Trinajstić information content (AvgIpc) is 2.39. The first kappa shape index (κ1) is 19.2. The first-order valence-electron chi connectivity index (χ1n) is 7.04. The molecule has 0 heterocycles. The molecule has 0 aromatic rings. The van der Waals surface area contributed by atoms with Crippen LogP contribution < -0.4 is 0 Å². The molecular weight excluding hydrogens is 224 g/mol. The predicted molar refractivity (Wildman–Crippen MR) is 78.7 cm³/mol. The number of carbonyl (C=O) groups is 2. The van der Waals surface area contributed by atoms with Crippen molar-refractivity contribution in [3.63, 3.8) is 0 Å². The molecule has 0 aliphatic carbocycles. The lowest BCUT2D eigenvalue weighted by molar-refractivity contribution is -0.104. The molecule has 0 spiro atoms. The van der Waals surface area contributed by atoms with E-state index in [0.717, 1.165) is 25.4 Å². The topological polar surface area (TPSA) is 34.1 Å². The molecule has 0 fully saturated rings. The van der Waals surface area contributed by atoms with E-state index in [1.807, 2.05) is 12.2 Å². The highest BCUT2D eigenvalue weighted by Gasteiger charge is 1.80. The van der Waals surface area contributed by atoms with Crippen molar-refractivity contribution in [2.45, 2.75) is 65.2 Å². The van der Waals surface area contributed by atoms with E-state index in [2.05, 4.69) is 13.8 Å². The number of aldehydes is 2. The van der Waals surface area contributed by atoms with Crippen LogP contribution in [0.25, 0.3) is 0 Å². The summed E-state index contributed by atoms with van der Waals surface area (Å²) in [7, 11) is 0. The van der Waals surface area contributed by atoms with Gasteiger partial charge in [0.1, 0.15) is 12.6 Å². The van der Waals surface area contributed by atoms with Gasteiger partial charge in [-0.15, -0.1) is 0 Å². The molecule has 104 valence electrons. The summed E-state index contributed by atoms with van der Waals surface area (Å²) in [6.45, 7) is 4.34. The Hall–Kier alpha value is -1.18. The number of carbonyl (C=O) groups excluding carboxylic acids is 2.